The van der Waals surface area contributed by atoms with Gasteiger partial charge in [-0.15, -0.1) is 0 Å². The van der Waals surface area contributed by atoms with Gasteiger partial charge >= 0.3 is 6.09 Å². The summed E-state index contributed by atoms with van der Waals surface area (Å²) in [6.07, 6.45) is 6.67. The molecule has 2 fully saturated rings. The summed E-state index contributed by atoms with van der Waals surface area (Å²) in [6.45, 7) is 5.23. The number of aromatic hydroxyl groups is 2. The number of amides is 3. The maximum absolute atomic E-state index is 14.5. The third kappa shape index (κ3) is 8.15. The van der Waals surface area contributed by atoms with E-state index < -0.39 is 29.7 Å². The Morgan fingerprint density at radius 2 is 1.59 bits per heavy atom. The van der Waals surface area contributed by atoms with Crippen molar-refractivity contribution in [2.45, 2.75) is 108 Å². The zero-order valence-electron chi connectivity index (χ0n) is 24.3. The number of carbonyl (C=O) groups is 3. The lowest BCUT2D eigenvalue weighted by Crippen LogP contribution is -2.58. The molecule has 0 aromatic heterocycles. The number of nitrogens with zero attached hydrogens (tertiary/aromatic N) is 1. The molecule has 0 saturated heterocycles. The number of carbonyl (C=O) groups excluding carboxylic acids is 3. The topological polar surface area (TPSA) is 128 Å². The van der Waals surface area contributed by atoms with Crippen LogP contribution in [0.5, 0.6) is 11.5 Å². The van der Waals surface area contributed by atoms with Crippen LogP contribution < -0.4 is 10.6 Å². The highest BCUT2D eigenvalue weighted by Crippen LogP contribution is 2.37. The van der Waals surface area contributed by atoms with E-state index in [0.29, 0.717) is 18.4 Å². The zero-order chi connectivity index (χ0) is 29.6. The molecule has 4 N–H and O–H groups in total. The van der Waals surface area contributed by atoms with Crippen LogP contribution in [-0.2, 0) is 20.7 Å². The fraction of sp³-hybridized carbons (Fsp3) is 0.531. The number of phenols is 2. The molecule has 2 aromatic carbocycles. The van der Waals surface area contributed by atoms with Gasteiger partial charge in [0.25, 0.3) is 0 Å². The van der Waals surface area contributed by atoms with E-state index in [4.69, 9.17) is 4.74 Å². The SMILES string of the molecule is CC(C)(C)OC(=O)NC(Cc1ccc(O)cc1)C(=O)N(C1CCC1)C(C(=O)NC1CCCCC1)c1ccccc1O. The summed E-state index contributed by atoms with van der Waals surface area (Å²) in [4.78, 5) is 43.0. The number of phenolic OH excluding ortho intramolecular Hbond substituents is 2. The maximum atomic E-state index is 14.5. The van der Waals surface area contributed by atoms with E-state index in [0.717, 1.165) is 44.1 Å². The Morgan fingerprint density at radius 3 is 2.17 bits per heavy atom. The predicted octanol–water partition coefficient (Wildman–Crippen LogP) is 5.10. The molecule has 2 atom stereocenters. The first-order valence-corrected chi connectivity index (χ1v) is 14.7. The van der Waals surface area contributed by atoms with Gasteiger partial charge in [0.2, 0.25) is 11.8 Å². The largest absolute Gasteiger partial charge is 0.508 e. The second-order valence-corrected chi connectivity index (χ2v) is 12.2. The second kappa shape index (κ2) is 13.3. The van der Waals surface area contributed by atoms with Crippen molar-refractivity contribution in [3.05, 3.63) is 59.7 Å². The lowest BCUT2D eigenvalue weighted by Gasteiger charge is -2.44. The van der Waals surface area contributed by atoms with Crippen LogP contribution in [0.2, 0.25) is 0 Å². The standard InChI is InChI=1S/C32H43N3O6/c1-32(2,3)41-31(40)34-26(20-21-16-18-24(36)19-17-21)30(39)35(23-12-9-13-23)28(25-14-7-8-15-27(25)37)29(38)33-22-10-5-4-6-11-22/h7-8,14-19,22-23,26,28,36-37H,4-6,9-13,20H2,1-3H3,(H,33,38)(H,34,40). The van der Waals surface area contributed by atoms with Crippen LogP contribution >= 0.6 is 0 Å². The Bertz CT molecular complexity index is 1200. The van der Waals surface area contributed by atoms with Gasteiger partial charge in [-0.05, 0) is 76.6 Å². The van der Waals surface area contributed by atoms with Gasteiger partial charge in [-0.2, -0.15) is 0 Å². The molecule has 0 heterocycles. The molecular formula is C32H43N3O6. The van der Waals surface area contributed by atoms with Gasteiger partial charge < -0.3 is 30.5 Å². The van der Waals surface area contributed by atoms with Crippen molar-refractivity contribution in [2.24, 2.45) is 0 Å². The summed E-state index contributed by atoms with van der Waals surface area (Å²) < 4.78 is 5.49. The van der Waals surface area contributed by atoms with Crippen molar-refractivity contribution in [2.75, 3.05) is 0 Å². The van der Waals surface area contributed by atoms with Crippen molar-refractivity contribution < 1.29 is 29.3 Å². The molecular weight excluding hydrogens is 522 g/mol. The van der Waals surface area contributed by atoms with Crippen LogP contribution in [0.15, 0.2) is 48.5 Å². The highest BCUT2D eigenvalue weighted by molar-refractivity contribution is 5.93. The number of nitrogens with one attached hydrogen (secondary N) is 2. The molecule has 41 heavy (non-hydrogen) atoms. The lowest BCUT2D eigenvalue weighted by atomic mass is 9.87. The summed E-state index contributed by atoms with van der Waals surface area (Å²) >= 11 is 0. The highest BCUT2D eigenvalue weighted by Gasteiger charge is 2.43. The normalized spacial score (nSPS) is 17.5. The molecule has 0 spiro atoms. The molecule has 2 aromatic rings. The average molecular weight is 566 g/mol. The molecule has 222 valence electrons. The predicted molar refractivity (Wildman–Crippen MR) is 155 cm³/mol. The first-order valence-electron chi connectivity index (χ1n) is 14.7. The van der Waals surface area contributed by atoms with Crippen LogP contribution in [0.25, 0.3) is 0 Å². The minimum atomic E-state index is -1.07. The second-order valence-electron chi connectivity index (χ2n) is 12.2. The van der Waals surface area contributed by atoms with E-state index >= 15 is 0 Å². The molecule has 9 nitrogen and oxygen atoms in total. The molecule has 0 radical (unpaired) electrons. The van der Waals surface area contributed by atoms with Crippen LogP contribution in [0.3, 0.4) is 0 Å². The number of para-hydroxylation sites is 1. The first-order chi connectivity index (χ1) is 19.5. The average Bonchev–Trinajstić information content (AvgIpc) is 2.88. The Hall–Kier alpha value is -3.75. The third-order valence-electron chi connectivity index (χ3n) is 7.80. The Morgan fingerprint density at radius 1 is 0.927 bits per heavy atom. The maximum Gasteiger partial charge on any atom is 0.408 e. The number of rotatable bonds is 9. The van der Waals surface area contributed by atoms with Gasteiger partial charge in [-0.3, -0.25) is 9.59 Å². The smallest absolute Gasteiger partial charge is 0.408 e. The fourth-order valence-corrected chi connectivity index (χ4v) is 5.54. The van der Waals surface area contributed by atoms with E-state index in [-0.39, 0.29) is 35.9 Å². The lowest BCUT2D eigenvalue weighted by molar-refractivity contribution is -0.147. The quantitative estimate of drug-likeness (QED) is 0.335. The zero-order valence-corrected chi connectivity index (χ0v) is 24.3. The molecule has 3 amide bonds. The molecule has 4 rings (SSSR count). The number of alkyl carbamates (subject to hydrolysis) is 1. The van der Waals surface area contributed by atoms with Gasteiger partial charge in [0, 0.05) is 24.1 Å². The van der Waals surface area contributed by atoms with Crippen LogP contribution in [-0.4, -0.2) is 56.7 Å². The van der Waals surface area contributed by atoms with Gasteiger partial charge in [0.05, 0.1) is 0 Å². The van der Waals surface area contributed by atoms with Crippen molar-refractivity contribution in [3.63, 3.8) is 0 Å². The monoisotopic (exact) mass is 565 g/mol. The highest BCUT2D eigenvalue weighted by atomic mass is 16.6. The first kappa shape index (κ1) is 30.2. The van der Waals surface area contributed by atoms with E-state index in [9.17, 15) is 24.6 Å². The van der Waals surface area contributed by atoms with E-state index in [1.807, 2.05) is 0 Å². The van der Waals surface area contributed by atoms with Crippen molar-refractivity contribution in [1.29, 1.82) is 0 Å². The molecule has 2 aliphatic carbocycles. The summed E-state index contributed by atoms with van der Waals surface area (Å²) in [7, 11) is 0. The van der Waals surface area contributed by atoms with Crippen LogP contribution in [0.4, 0.5) is 4.79 Å². The third-order valence-corrected chi connectivity index (χ3v) is 7.80. The Kier molecular flexibility index (Phi) is 9.78. The van der Waals surface area contributed by atoms with Crippen LogP contribution in [0.1, 0.15) is 89.3 Å². The molecule has 0 bridgehead atoms. The van der Waals surface area contributed by atoms with E-state index in [1.54, 1.807) is 56.0 Å². The van der Waals surface area contributed by atoms with Gasteiger partial charge in [0.1, 0.15) is 29.2 Å². The minimum absolute atomic E-state index is 0.00984. The van der Waals surface area contributed by atoms with Gasteiger partial charge in [0.15, 0.2) is 0 Å². The summed E-state index contributed by atoms with van der Waals surface area (Å²) in [5.74, 6) is -0.740. The number of ether oxygens (including phenoxy) is 1. The summed E-state index contributed by atoms with van der Waals surface area (Å²) in [6, 6.07) is 10.7. The minimum Gasteiger partial charge on any atom is -0.508 e. The summed E-state index contributed by atoms with van der Waals surface area (Å²) in [5.41, 5.74) is 0.292. The van der Waals surface area contributed by atoms with Gasteiger partial charge in [-0.1, -0.05) is 49.6 Å². The molecule has 2 saturated carbocycles. The molecule has 0 aliphatic heterocycles. The van der Waals surface area contributed by atoms with Crippen molar-refractivity contribution >= 4 is 17.9 Å². The summed E-state index contributed by atoms with van der Waals surface area (Å²) in [5, 5.41) is 26.6. The number of benzene rings is 2. The Balaban J connectivity index is 1.71. The number of hydrogen-bond donors (Lipinski definition) is 4. The van der Waals surface area contributed by atoms with Crippen LogP contribution in [0, 0.1) is 0 Å². The fourth-order valence-electron chi connectivity index (χ4n) is 5.54. The van der Waals surface area contributed by atoms with E-state index in [1.165, 1.54) is 18.2 Å². The molecule has 2 unspecified atom stereocenters. The Labute approximate surface area is 242 Å². The van der Waals surface area contributed by atoms with Crippen molar-refractivity contribution in [3.8, 4) is 11.5 Å². The van der Waals surface area contributed by atoms with Crippen molar-refractivity contribution in [1.82, 2.24) is 15.5 Å². The molecule has 2 aliphatic rings. The van der Waals surface area contributed by atoms with E-state index in [2.05, 4.69) is 10.6 Å². The molecule has 9 heteroatoms. The number of hydrogen-bond acceptors (Lipinski definition) is 6. The van der Waals surface area contributed by atoms with Gasteiger partial charge in [-0.25, -0.2) is 4.79 Å².